The van der Waals surface area contributed by atoms with Gasteiger partial charge in [0.2, 0.25) is 5.69 Å². The quantitative estimate of drug-likeness (QED) is 0.742. The molecule has 0 amide bonds. The molecule has 1 atom stereocenters. The van der Waals surface area contributed by atoms with Gasteiger partial charge in [-0.2, -0.15) is 0 Å². The highest BCUT2D eigenvalue weighted by Gasteiger charge is 2.27. The maximum atomic E-state index is 14.1. The van der Waals surface area contributed by atoms with Gasteiger partial charge in [-0.05, 0) is 38.2 Å². The molecule has 0 spiro atoms. The van der Waals surface area contributed by atoms with Gasteiger partial charge in [0.15, 0.2) is 0 Å². The smallest absolute Gasteiger partial charge is 0.205 e. The van der Waals surface area contributed by atoms with Crippen LogP contribution >= 0.6 is 11.6 Å². The van der Waals surface area contributed by atoms with Crippen molar-refractivity contribution in [3.8, 4) is 0 Å². The van der Waals surface area contributed by atoms with Gasteiger partial charge in [0.25, 0.3) is 0 Å². The molecule has 0 bridgehead atoms. The molecule has 0 unspecified atom stereocenters. The molecule has 2 aromatic rings. The molecule has 1 fully saturated rings. The van der Waals surface area contributed by atoms with Crippen LogP contribution in [0.15, 0.2) is 42.5 Å². The molecule has 0 saturated carbocycles. The van der Waals surface area contributed by atoms with Gasteiger partial charge in [0.1, 0.15) is 5.82 Å². The van der Waals surface area contributed by atoms with Crippen LogP contribution in [0.5, 0.6) is 0 Å². The number of likely N-dealkylation sites (tertiary alicyclic amines) is 1. The number of hydrogen-bond donors (Lipinski definition) is 0. The molecule has 124 valence electrons. The molecule has 0 aromatic heterocycles. The summed E-state index contributed by atoms with van der Waals surface area (Å²) in [6.45, 7) is 9.57. The van der Waals surface area contributed by atoms with Crippen LogP contribution < -0.4 is 4.90 Å². The maximum Gasteiger partial charge on any atom is 0.205 e. The molecular formula is C19H19ClFN3. The molecule has 1 aliphatic rings. The summed E-state index contributed by atoms with van der Waals surface area (Å²) >= 11 is 6.22. The van der Waals surface area contributed by atoms with Crippen LogP contribution in [0.2, 0.25) is 5.02 Å². The Kier molecular flexibility index (Phi) is 5.03. The van der Waals surface area contributed by atoms with Crippen molar-refractivity contribution in [3.63, 3.8) is 0 Å². The lowest BCUT2D eigenvalue weighted by atomic mass is 10.1. The molecule has 1 saturated heterocycles. The highest BCUT2D eigenvalue weighted by atomic mass is 35.5. The van der Waals surface area contributed by atoms with E-state index in [1.807, 2.05) is 24.3 Å². The van der Waals surface area contributed by atoms with E-state index in [1.165, 1.54) is 6.07 Å². The topological polar surface area (TPSA) is 10.8 Å². The monoisotopic (exact) mass is 343 g/mol. The lowest BCUT2D eigenvalue weighted by Crippen LogP contribution is -2.37. The van der Waals surface area contributed by atoms with E-state index >= 15 is 0 Å². The number of hydrogen-bond acceptors (Lipinski definition) is 2. The summed E-state index contributed by atoms with van der Waals surface area (Å²) in [6.07, 6.45) is 1.02. The van der Waals surface area contributed by atoms with E-state index in [0.717, 1.165) is 25.2 Å². The van der Waals surface area contributed by atoms with E-state index < -0.39 is 0 Å². The van der Waals surface area contributed by atoms with Gasteiger partial charge in [-0.1, -0.05) is 35.9 Å². The molecule has 0 radical (unpaired) electrons. The number of benzene rings is 2. The van der Waals surface area contributed by atoms with Crippen molar-refractivity contribution in [2.24, 2.45) is 0 Å². The van der Waals surface area contributed by atoms with E-state index in [0.29, 0.717) is 28.9 Å². The zero-order valence-corrected chi connectivity index (χ0v) is 14.3. The number of halogens is 2. The summed E-state index contributed by atoms with van der Waals surface area (Å²) in [5, 5.41) is 0.437. The number of nitrogens with zero attached hydrogens (tertiary/aromatic N) is 3. The first-order valence-electron chi connectivity index (χ1n) is 7.94. The van der Waals surface area contributed by atoms with Crippen molar-refractivity contribution in [3.05, 3.63) is 70.3 Å². The lowest BCUT2D eigenvalue weighted by molar-refractivity contribution is 0.407. The predicted octanol–water partition coefficient (Wildman–Crippen LogP) is 4.74. The number of likely N-dealkylation sites (N-methyl/N-ethyl adjacent to an activating group) is 1. The Morgan fingerprint density at radius 2 is 2.12 bits per heavy atom. The molecule has 0 N–H and O–H groups in total. The number of rotatable bonds is 4. The first kappa shape index (κ1) is 16.8. The van der Waals surface area contributed by atoms with Crippen LogP contribution in [-0.2, 0) is 6.54 Å². The normalized spacial score (nSPS) is 17.7. The zero-order valence-electron chi connectivity index (χ0n) is 13.5. The molecule has 24 heavy (non-hydrogen) atoms. The fraction of sp³-hybridized carbons (Fsp3) is 0.316. The van der Waals surface area contributed by atoms with Gasteiger partial charge in [-0.25, -0.2) is 9.24 Å². The Morgan fingerprint density at radius 3 is 2.75 bits per heavy atom. The summed E-state index contributed by atoms with van der Waals surface area (Å²) in [5.74, 6) is -0.197. The molecule has 5 heteroatoms. The third-order valence-corrected chi connectivity index (χ3v) is 4.79. The second-order valence-corrected chi connectivity index (χ2v) is 6.58. The molecular weight excluding hydrogens is 325 g/mol. The van der Waals surface area contributed by atoms with Crippen LogP contribution in [0.1, 0.15) is 12.0 Å². The molecule has 2 aromatic carbocycles. The molecule has 1 aliphatic heterocycles. The second kappa shape index (κ2) is 7.21. The molecule has 0 aliphatic carbocycles. The SMILES string of the molecule is [C-]#[N+]c1ccc(N(Cc2ccccc2F)[C@H]2CCN(C)C2)cc1Cl. The highest BCUT2D eigenvalue weighted by molar-refractivity contribution is 6.33. The Balaban J connectivity index is 1.95. The summed E-state index contributed by atoms with van der Waals surface area (Å²) < 4.78 is 14.1. The van der Waals surface area contributed by atoms with Crippen molar-refractivity contribution in [1.82, 2.24) is 4.90 Å². The Hall–Kier alpha value is -2.09. The summed E-state index contributed by atoms with van der Waals surface area (Å²) in [5.41, 5.74) is 2.03. The van der Waals surface area contributed by atoms with Crippen molar-refractivity contribution in [1.29, 1.82) is 0 Å². The second-order valence-electron chi connectivity index (χ2n) is 6.17. The Morgan fingerprint density at radius 1 is 1.33 bits per heavy atom. The van der Waals surface area contributed by atoms with Gasteiger partial charge < -0.3 is 9.80 Å². The van der Waals surface area contributed by atoms with E-state index in [4.69, 9.17) is 18.2 Å². The fourth-order valence-corrected chi connectivity index (χ4v) is 3.39. The fourth-order valence-electron chi connectivity index (χ4n) is 3.17. The van der Waals surface area contributed by atoms with Crippen molar-refractivity contribution in [2.75, 3.05) is 25.0 Å². The van der Waals surface area contributed by atoms with Gasteiger partial charge in [-0.15, -0.1) is 0 Å². The third-order valence-electron chi connectivity index (χ3n) is 4.49. The first-order chi connectivity index (χ1) is 11.6. The van der Waals surface area contributed by atoms with Crippen LogP contribution in [0.4, 0.5) is 15.8 Å². The van der Waals surface area contributed by atoms with Gasteiger partial charge >= 0.3 is 0 Å². The highest BCUT2D eigenvalue weighted by Crippen LogP contribution is 2.33. The first-order valence-corrected chi connectivity index (χ1v) is 8.32. The van der Waals surface area contributed by atoms with Crippen molar-refractivity contribution < 1.29 is 4.39 Å². The number of anilines is 1. The molecule has 1 heterocycles. The van der Waals surface area contributed by atoms with Crippen LogP contribution in [-0.4, -0.2) is 31.1 Å². The van der Waals surface area contributed by atoms with Crippen LogP contribution in [0, 0.1) is 12.4 Å². The summed E-state index contributed by atoms with van der Waals surface area (Å²) in [7, 11) is 2.09. The van der Waals surface area contributed by atoms with Crippen molar-refractivity contribution in [2.45, 2.75) is 19.0 Å². The van der Waals surface area contributed by atoms with Crippen LogP contribution in [0.3, 0.4) is 0 Å². The largest absolute Gasteiger partial charge is 0.363 e. The Labute approximate surface area is 147 Å². The van der Waals surface area contributed by atoms with Crippen LogP contribution in [0.25, 0.3) is 4.85 Å². The standard InChI is InChI=1S/C19H19ClFN3/c1-22-19-8-7-15(11-17(19)20)24(16-9-10-23(2)13-16)12-14-5-3-4-6-18(14)21/h3-8,11,16H,9-10,12-13H2,2H3/t16-/m0/s1. The summed E-state index contributed by atoms with van der Waals surface area (Å²) in [4.78, 5) is 7.88. The minimum atomic E-state index is -0.197. The average Bonchev–Trinajstić information content (AvgIpc) is 3.00. The maximum absolute atomic E-state index is 14.1. The molecule has 3 nitrogen and oxygen atoms in total. The minimum Gasteiger partial charge on any atom is -0.363 e. The average molecular weight is 344 g/mol. The lowest BCUT2D eigenvalue weighted by Gasteiger charge is -2.32. The predicted molar refractivity (Wildman–Crippen MR) is 96.2 cm³/mol. The van der Waals surface area contributed by atoms with Crippen molar-refractivity contribution >= 4 is 23.0 Å². The van der Waals surface area contributed by atoms with Gasteiger partial charge in [-0.3, -0.25) is 0 Å². The van der Waals surface area contributed by atoms with E-state index in [1.54, 1.807) is 12.1 Å². The summed E-state index contributed by atoms with van der Waals surface area (Å²) in [6, 6.07) is 12.6. The van der Waals surface area contributed by atoms with E-state index in [-0.39, 0.29) is 5.82 Å². The van der Waals surface area contributed by atoms with Gasteiger partial charge in [0, 0.05) is 35.4 Å². The van der Waals surface area contributed by atoms with E-state index in [2.05, 4.69) is 21.7 Å². The molecule has 3 rings (SSSR count). The Bertz CT molecular complexity index is 771. The van der Waals surface area contributed by atoms with E-state index in [9.17, 15) is 4.39 Å². The zero-order chi connectivity index (χ0) is 17.1. The van der Waals surface area contributed by atoms with Gasteiger partial charge in [0.05, 0.1) is 6.57 Å². The minimum absolute atomic E-state index is 0.197. The third kappa shape index (κ3) is 3.53.